The second-order valence-corrected chi connectivity index (χ2v) is 7.75. The highest BCUT2D eigenvalue weighted by Crippen LogP contribution is 2.33. The largest absolute Gasteiger partial charge is 0.454 e. The summed E-state index contributed by atoms with van der Waals surface area (Å²) in [7, 11) is 0. The van der Waals surface area contributed by atoms with Gasteiger partial charge in [-0.2, -0.15) is 0 Å². The minimum absolute atomic E-state index is 0.129. The molecule has 0 radical (unpaired) electrons. The molecule has 0 aliphatic carbocycles. The van der Waals surface area contributed by atoms with Gasteiger partial charge in [-0.3, -0.25) is 4.79 Å². The van der Waals surface area contributed by atoms with Crippen molar-refractivity contribution in [2.24, 2.45) is 0 Å². The molecule has 3 rings (SSSR count). The third kappa shape index (κ3) is 3.69. The molecule has 0 fully saturated rings. The molecule has 0 atom stereocenters. The topological polar surface area (TPSA) is 73.3 Å². The number of benzene rings is 1. The van der Waals surface area contributed by atoms with Gasteiger partial charge in [-0.15, -0.1) is 10.2 Å². The Balaban J connectivity index is 1.59. The van der Waals surface area contributed by atoms with Crippen molar-refractivity contribution in [3.63, 3.8) is 0 Å². The number of rotatable bonds is 5. The first-order valence-corrected chi connectivity index (χ1v) is 8.48. The molecule has 0 saturated heterocycles. The zero-order chi connectivity index (χ0) is 15.5. The summed E-state index contributed by atoms with van der Waals surface area (Å²) in [4.78, 5) is 12.1. The molecule has 0 unspecified atom stereocenters. The molecule has 116 valence electrons. The molecular weight excluding hydrogens is 322 g/mol. The number of nitrogens with zero attached hydrogens (tertiary/aromatic N) is 2. The Labute approximate surface area is 136 Å². The number of nitrogens with one attached hydrogen (secondary N) is 1. The van der Waals surface area contributed by atoms with E-state index in [0.717, 1.165) is 9.90 Å². The summed E-state index contributed by atoms with van der Waals surface area (Å²) < 4.78 is 11.4. The summed E-state index contributed by atoms with van der Waals surface area (Å²) in [6, 6.07) is 5.49. The number of fused-ring (bicyclic) bond motifs is 1. The van der Waals surface area contributed by atoms with E-state index in [1.54, 1.807) is 11.8 Å². The monoisotopic (exact) mass is 337 g/mol. The van der Waals surface area contributed by atoms with Crippen LogP contribution in [0.2, 0.25) is 0 Å². The van der Waals surface area contributed by atoms with E-state index in [-0.39, 0.29) is 19.1 Å². The molecule has 1 N–H and O–H groups in total. The second kappa shape index (κ2) is 6.53. The summed E-state index contributed by atoms with van der Waals surface area (Å²) in [5, 5.41) is 11.8. The van der Waals surface area contributed by atoms with Crippen molar-refractivity contribution < 1.29 is 14.3 Å². The number of aromatic nitrogens is 2. The predicted molar refractivity (Wildman–Crippen MR) is 85.8 cm³/mol. The maximum atomic E-state index is 12.1. The van der Waals surface area contributed by atoms with Crippen molar-refractivity contribution in [3.05, 3.63) is 23.8 Å². The van der Waals surface area contributed by atoms with Crippen LogP contribution >= 0.6 is 23.1 Å². The SMILES string of the molecule is CC(C)Sc1nnc(NC(=O)Cc2ccc3c(c2)OCO3)s1. The van der Waals surface area contributed by atoms with Crippen LogP contribution in [0.4, 0.5) is 5.13 Å². The van der Waals surface area contributed by atoms with Gasteiger partial charge in [0.25, 0.3) is 0 Å². The molecule has 6 nitrogen and oxygen atoms in total. The van der Waals surface area contributed by atoms with Gasteiger partial charge in [-0.25, -0.2) is 0 Å². The zero-order valence-electron chi connectivity index (χ0n) is 12.2. The quantitative estimate of drug-likeness (QED) is 0.668. The minimum Gasteiger partial charge on any atom is -0.454 e. The number of ether oxygens (including phenoxy) is 2. The Hall–Kier alpha value is -1.80. The molecule has 1 amide bonds. The van der Waals surface area contributed by atoms with Crippen LogP contribution in [-0.2, 0) is 11.2 Å². The fraction of sp³-hybridized carbons (Fsp3) is 0.357. The summed E-state index contributed by atoms with van der Waals surface area (Å²) in [5.41, 5.74) is 0.864. The van der Waals surface area contributed by atoms with Crippen molar-refractivity contribution in [1.82, 2.24) is 10.2 Å². The van der Waals surface area contributed by atoms with Crippen LogP contribution in [0.3, 0.4) is 0 Å². The molecule has 22 heavy (non-hydrogen) atoms. The molecule has 0 spiro atoms. The molecular formula is C14H15N3O3S2. The van der Waals surface area contributed by atoms with E-state index in [1.165, 1.54) is 11.3 Å². The lowest BCUT2D eigenvalue weighted by Crippen LogP contribution is -2.14. The van der Waals surface area contributed by atoms with Crippen LogP contribution in [0.15, 0.2) is 22.5 Å². The first-order chi connectivity index (χ1) is 10.6. The van der Waals surface area contributed by atoms with Crippen molar-refractivity contribution in [2.45, 2.75) is 29.9 Å². The van der Waals surface area contributed by atoms with E-state index in [1.807, 2.05) is 18.2 Å². The van der Waals surface area contributed by atoms with Gasteiger partial charge < -0.3 is 14.8 Å². The first-order valence-electron chi connectivity index (χ1n) is 6.78. The van der Waals surface area contributed by atoms with Crippen LogP contribution in [-0.4, -0.2) is 28.1 Å². The number of thioether (sulfide) groups is 1. The average Bonchev–Trinajstić information content (AvgIpc) is 3.06. The van der Waals surface area contributed by atoms with E-state index in [2.05, 4.69) is 29.4 Å². The highest BCUT2D eigenvalue weighted by Gasteiger charge is 2.15. The minimum atomic E-state index is -0.129. The summed E-state index contributed by atoms with van der Waals surface area (Å²) in [6.07, 6.45) is 0.253. The maximum absolute atomic E-state index is 12.1. The number of carbonyl (C=O) groups excluding carboxylic acids is 1. The average molecular weight is 337 g/mol. The fourth-order valence-electron chi connectivity index (χ4n) is 1.91. The van der Waals surface area contributed by atoms with Crippen LogP contribution in [0.1, 0.15) is 19.4 Å². The first kappa shape index (κ1) is 15.1. The molecule has 2 heterocycles. The lowest BCUT2D eigenvalue weighted by atomic mass is 10.1. The van der Waals surface area contributed by atoms with Gasteiger partial charge in [0, 0.05) is 5.25 Å². The normalized spacial score (nSPS) is 12.7. The highest BCUT2D eigenvalue weighted by atomic mass is 32.2. The van der Waals surface area contributed by atoms with Crippen LogP contribution in [0.25, 0.3) is 0 Å². The van der Waals surface area contributed by atoms with Gasteiger partial charge in [0.2, 0.25) is 17.8 Å². The summed E-state index contributed by atoms with van der Waals surface area (Å²) >= 11 is 3.01. The molecule has 1 aliphatic heterocycles. The number of hydrogen-bond acceptors (Lipinski definition) is 7. The lowest BCUT2D eigenvalue weighted by Gasteiger charge is -2.03. The van der Waals surface area contributed by atoms with E-state index < -0.39 is 0 Å². The number of hydrogen-bond donors (Lipinski definition) is 1. The van der Waals surface area contributed by atoms with Crippen LogP contribution < -0.4 is 14.8 Å². The van der Waals surface area contributed by atoms with Gasteiger partial charge in [-0.1, -0.05) is 43.0 Å². The fourth-order valence-corrected chi connectivity index (χ4v) is 3.90. The van der Waals surface area contributed by atoms with E-state index >= 15 is 0 Å². The van der Waals surface area contributed by atoms with Crippen LogP contribution in [0, 0.1) is 0 Å². The van der Waals surface area contributed by atoms with E-state index in [0.29, 0.717) is 21.9 Å². The molecule has 1 aromatic carbocycles. The summed E-state index contributed by atoms with van der Waals surface area (Å²) in [6.45, 7) is 4.40. The number of carbonyl (C=O) groups is 1. The number of anilines is 1. The third-order valence-electron chi connectivity index (χ3n) is 2.79. The van der Waals surface area contributed by atoms with Gasteiger partial charge >= 0.3 is 0 Å². The third-order valence-corrected chi connectivity index (χ3v) is 4.72. The van der Waals surface area contributed by atoms with E-state index in [9.17, 15) is 4.79 Å². The molecule has 0 bridgehead atoms. The van der Waals surface area contributed by atoms with Gasteiger partial charge in [-0.05, 0) is 17.7 Å². The van der Waals surface area contributed by atoms with Gasteiger partial charge in [0.15, 0.2) is 15.8 Å². The Morgan fingerprint density at radius 1 is 1.36 bits per heavy atom. The van der Waals surface area contributed by atoms with E-state index in [4.69, 9.17) is 9.47 Å². The standard InChI is InChI=1S/C14H15N3O3S2/c1-8(2)21-14-17-16-13(22-14)15-12(18)6-9-3-4-10-11(5-9)20-7-19-10/h3-5,8H,6-7H2,1-2H3,(H,15,16,18). The maximum Gasteiger partial charge on any atom is 0.231 e. The zero-order valence-corrected chi connectivity index (χ0v) is 13.8. The van der Waals surface area contributed by atoms with Gasteiger partial charge in [0.1, 0.15) is 0 Å². The van der Waals surface area contributed by atoms with Crippen molar-refractivity contribution >= 4 is 34.1 Å². The van der Waals surface area contributed by atoms with Crippen molar-refractivity contribution in [3.8, 4) is 11.5 Å². The molecule has 0 saturated carbocycles. The molecule has 2 aromatic rings. The van der Waals surface area contributed by atoms with Crippen LogP contribution in [0.5, 0.6) is 11.5 Å². The van der Waals surface area contributed by atoms with Crippen molar-refractivity contribution in [1.29, 1.82) is 0 Å². The Morgan fingerprint density at radius 2 is 2.18 bits per heavy atom. The predicted octanol–water partition coefficient (Wildman–Crippen LogP) is 2.95. The smallest absolute Gasteiger partial charge is 0.231 e. The lowest BCUT2D eigenvalue weighted by molar-refractivity contribution is -0.115. The van der Waals surface area contributed by atoms with Crippen molar-refractivity contribution in [2.75, 3.05) is 12.1 Å². The molecule has 8 heteroatoms. The highest BCUT2D eigenvalue weighted by molar-refractivity contribution is 8.01. The Bertz CT molecular complexity index is 688. The Morgan fingerprint density at radius 3 is 3.00 bits per heavy atom. The number of amides is 1. The second-order valence-electron chi connectivity index (χ2n) is 4.95. The summed E-state index contributed by atoms with van der Waals surface area (Å²) in [5.74, 6) is 1.26. The molecule has 1 aromatic heterocycles. The van der Waals surface area contributed by atoms with Gasteiger partial charge in [0.05, 0.1) is 6.42 Å². The molecule has 1 aliphatic rings. The Kier molecular flexibility index (Phi) is 4.49.